The van der Waals surface area contributed by atoms with E-state index < -0.39 is 15.6 Å². The van der Waals surface area contributed by atoms with Crippen LogP contribution in [0.4, 0.5) is 4.39 Å². The molecular formula is C17H18FNO2S. The van der Waals surface area contributed by atoms with Gasteiger partial charge in [0, 0.05) is 5.56 Å². The van der Waals surface area contributed by atoms with E-state index in [-0.39, 0.29) is 10.7 Å². The van der Waals surface area contributed by atoms with Crippen molar-refractivity contribution in [3.05, 3.63) is 66.0 Å². The van der Waals surface area contributed by atoms with E-state index >= 15 is 0 Å². The molecule has 0 saturated heterocycles. The minimum atomic E-state index is -3.68. The number of nitrogens with one attached hydrogen (secondary N) is 1. The highest BCUT2D eigenvalue weighted by atomic mass is 32.2. The third-order valence-corrected chi connectivity index (χ3v) is 5.78. The Balaban J connectivity index is 2.02. The molecule has 0 aliphatic heterocycles. The lowest BCUT2D eigenvalue weighted by Gasteiger charge is -2.31. The Morgan fingerprint density at radius 2 is 1.50 bits per heavy atom. The monoisotopic (exact) mass is 319 g/mol. The zero-order valence-electron chi connectivity index (χ0n) is 12.1. The quantitative estimate of drug-likeness (QED) is 0.936. The van der Waals surface area contributed by atoms with Gasteiger partial charge in [-0.15, -0.1) is 0 Å². The van der Waals surface area contributed by atoms with Crippen LogP contribution in [0.25, 0.3) is 0 Å². The smallest absolute Gasteiger partial charge is 0.207 e. The molecule has 5 heteroatoms. The minimum Gasteiger partial charge on any atom is -0.207 e. The van der Waals surface area contributed by atoms with E-state index in [2.05, 4.69) is 4.72 Å². The Morgan fingerprint density at radius 3 is 2.14 bits per heavy atom. The van der Waals surface area contributed by atoms with Gasteiger partial charge >= 0.3 is 0 Å². The number of sulfonamides is 1. The lowest BCUT2D eigenvalue weighted by Crippen LogP contribution is -2.44. The van der Waals surface area contributed by atoms with Crippen molar-refractivity contribution < 1.29 is 12.8 Å². The molecule has 1 aliphatic carbocycles. The first kappa shape index (κ1) is 15.2. The zero-order chi connectivity index (χ0) is 15.6. The number of benzene rings is 2. The van der Waals surface area contributed by atoms with Crippen molar-refractivity contribution in [3.8, 4) is 0 Å². The Morgan fingerprint density at radius 1 is 0.909 bits per heavy atom. The summed E-state index contributed by atoms with van der Waals surface area (Å²) >= 11 is 0. The number of halogens is 1. The Hall–Kier alpha value is -1.72. The molecule has 3 rings (SSSR count). The molecule has 0 bridgehead atoms. The molecular weight excluding hydrogens is 301 g/mol. The molecule has 1 saturated carbocycles. The summed E-state index contributed by atoms with van der Waals surface area (Å²) in [5, 5.41) is 0. The van der Waals surface area contributed by atoms with Crippen LogP contribution in [0.1, 0.15) is 31.2 Å². The van der Waals surface area contributed by atoms with E-state index in [4.69, 9.17) is 0 Å². The van der Waals surface area contributed by atoms with Crippen LogP contribution in [0.15, 0.2) is 59.5 Å². The predicted octanol–water partition coefficient (Wildman–Crippen LogP) is 3.57. The summed E-state index contributed by atoms with van der Waals surface area (Å²) in [7, 11) is -3.68. The van der Waals surface area contributed by atoms with Gasteiger partial charge < -0.3 is 0 Å². The highest BCUT2D eigenvalue weighted by Gasteiger charge is 2.41. The van der Waals surface area contributed by atoms with Gasteiger partial charge in [-0.25, -0.2) is 17.5 Å². The molecule has 2 aromatic rings. The van der Waals surface area contributed by atoms with Gasteiger partial charge in [0.05, 0.1) is 10.4 Å². The molecule has 116 valence electrons. The first-order valence-electron chi connectivity index (χ1n) is 7.38. The average molecular weight is 319 g/mol. The van der Waals surface area contributed by atoms with Gasteiger partial charge in [0.2, 0.25) is 10.0 Å². The van der Waals surface area contributed by atoms with Crippen molar-refractivity contribution in [2.45, 2.75) is 36.1 Å². The molecule has 0 heterocycles. The van der Waals surface area contributed by atoms with E-state index in [1.807, 2.05) is 0 Å². The maximum atomic E-state index is 14.2. The fourth-order valence-corrected chi connectivity index (χ4v) is 4.63. The second-order valence-electron chi connectivity index (χ2n) is 5.69. The maximum Gasteiger partial charge on any atom is 0.241 e. The number of hydrogen-bond donors (Lipinski definition) is 1. The van der Waals surface area contributed by atoms with Crippen LogP contribution in [-0.4, -0.2) is 8.42 Å². The summed E-state index contributed by atoms with van der Waals surface area (Å²) in [4.78, 5) is 0.206. The molecule has 1 aliphatic rings. The molecule has 1 N–H and O–H groups in total. The molecule has 0 radical (unpaired) electrons. The highest BCUT2D eigenvalue weighted by Crippen LogP contribution is 2.40. The molecule has 0 spiro atoms. The Labute approximate surface area is 130 Å². The SMILES string of the molecule is O=S(=O)(NC1(c2ccccc2F)CCCC1)c1ccccc1. The lowest BCUT2D eigenvalue weighted by molar-refractivity contribution is 0.385. The van der Waals surface area contributed by atoms with Crippen LogP contribution in [0.5, 0.6) is 0 Å². The summed E-state index contributed by atoms with van der Waals surface area (Å²) in [6, 6.07) is 14.6. The van der Waals surface area contributed by atoms with E-state index in [0.717, 1.165) is 12.8 Å². The third-order valence-electron chi connectivity index (χ3n) is 4.23. The van der Waals surface area contributed by atoms with Crippen molar-refractivity contribution in [1.29, 1.82) is 0 Å². The summed E-state index contributed by atoms with van der Waals surface area (Å²) < 4.78 is 42.3. The summed E-state index contributed by atoms with van der Waals surface area (Å²) in [6.45, 7) is 0. The summed E-state index contributed by atoms with van der Waals surface area (Å²) in [6.07, 6.45) is 2.98. The highest BCUT2D eigenvalue weighted by molar-refractivity contribution is 7.89. The van der Waals surface area contributed by atoms with Gasteiger partial charge in [-0.1, -0.05) is 49.2 Å². The fraction of sp³-hybridized carbons (Fsp3) is 0.294. The number of hydrogen-bond acceptors (Lipinski definition) is 2. The van der Waals surface area contributed by atoms with Crippen LogP contribution in [0.2, 0.25) is 0 Å². The molecule has 22 heavy (non-hydrogen) atoms. The molecule has 0 atom stereocenters. The summed E-state index contributed by atoms with van der Waals surface area (Å²) in [5.74, 6) is -0.361. The van der Waals surface area contributed by atoms with E-state index in [1.54, 1.807) is 48.5 Å². The van der Waals surface area contributed by atoms with Gasteiger partial charge in [-0.2, -0.15) is 0 Å². The van der Waals surface area contributed by atoms with Gasteiger partial charge in [0.25, 0.3) is 0 Å². The van der Waals surface area contributed by atoms with E-state index in [9.17, 15) is 12.8 Å². The van der Waals surface area contributed by atoms with E-state index in [0.29, 0.717) is 18.4 Å². The van der Waals surface area contributed by atoms with Crippen molar-refractivity contribution in [3.63, 3.8) is 0 Å². The van der Waals surface area contributed by atoms with Crippen LogP contribution in [0, 0.1) is 5.82 Å². The average Bonchev–Trinajstić information content (AvgIpc) is 2.97. The van der Waals surface area contributed by atoms with E-state index in [1.165, 1.54) is 6.07 Å². The molecule has 0 unspecified atom stereocenters. The topological polar surface area (TPSA) is 46.2 Å². The normalized spacial score (nSPS) is 17.5. The van der Waals surface area contributed by atoms with Crippen LogP contribution < -0.4 is 4.72 Å². The second-order valence-corrected chi connectivity index (χ2v) is 7.37. The van der Waals surface area contributed by atoms with Crippen LogP contribution in [-0.2, 0) is 15.6 Å². The van der Waals surface area contributed by atoms with Gasteiger partial charge in [-0.05, 0) is 31.0 Å². The molecule has 0 aromatic heterocycles. The second kappa shape index (κ2) is 5.82. The molecule has 2 aromatic carbocycles. The van der Waals surface area contributed by atoms with Gasteiger partial charge in [0.15, 0.2) is 0 Å². The van der Waals surface area contributed by atoms with Crippen molar-refractivity contribution in [1.82, 2.24) is 4.72 Å². The first-order chi connectivity index (χ1) is 10.5. The number of rotatable bonds is 4. The molecule has 3 nitrogen and oxygen atoms in total. The standard InChI is InChI=1S/C17H18FNO2S/c18-16-11-5-4-10-15(16)17(12-6-7-13-17)19-22(20,21)14-8-2-1-3-9-14/h1-5,8-11,19H,6-7,12-13H2. The van der Waals surface area contributed by atoms with Crippen molar-refractivity contribution >= 4 is 10.0 Å². The van der Waals surface area contributed by atoms with Gasteiger partial charge in [0.1, 0.15) is 5.82 Å². The van der Waals surface area contributed by atoms with Gasteiger partial charge in [-0.3, -0.25) is 0 Å². The zero-order valence-corrected chi connectivity index (χ0v) is 12.9. The largest absolute Gasteiger partial charge is 0.241 e. The minimum absolute atomic E-state index is 0.206. The van der Waals surface area contributed by atoms with Crippen molar-refractivity contribution in [2.75, 3.05) is 0 Å². The lowest BCUT2D eigenvalue weighted by atomic mass is 9.89. The van der Waals surface area contributed by atoms with Crippen molar-refractivity contribution in [2.24, 2.45) is 0 Å². The summed E-state index contributed by atoms with van der Waals surface area (Å²) in [5.41, 5.74) is -0.410. The third kappa shape index (κ3) is 2.78. The Kier molecular flexibility index (Phi) is 4.02. The fourth-order valence-electron chi connectivity index (χ4n) is 3.17. The Bertz CT molecular complexity index is 753. The predicted molar refractivity (Wildman–Crippen MR) is 83.3 cm³/mol. The van der Waals surface area contributed by atoms with Crippen LogP contribution in [0.3, 0.4) is 0 Å². The first-order valence-corrected chi connectivity index (χ1v) is 8.86. The molecule has 0 amide bonds. The van der Waals surface area contributed by atoms with Crippen LogP contribution >= 0.6 is 0 Å². The maximum absolute atomic E-state index is 14.2. The molecule has 1 fully saturated rings.